The topological polar surface area (TPSA) is 41.1 Å². The Morgan fingerprint density at radius 2 is 2.41 bits per heavy atom. The van der Waals surface area contributed by atoms with Crippen molar-refractivity contribution in [3.63, 3.8) is 0 Å². The summed E-state index contributed by atoms with van der Waals surface area (Å²) in [7, 11) is 0. The minimum Gasteiger partial charge on any atom is -0.326 e. The Labute approximate surface area is 110 Å². The van der Waals surface area contributed by atoms with Gasteiger partial charge in [-0.1, -0.05) is 22.0 Å². The summed E-state index contributed by atoms with van der Waals surface area (Å²) in [5.41, 5.74) is 1.97. The van der Waals surface area contributed by atoms with Crippen LogP contribution in [0.15, 0.2) is 22.7 Å². The number of halogens is 1. The van der Waals surface area contributed by atoms with E-state index in [4.69, 9.17) is 0 Å². The summed E-state index contributed by atoms with van der Waals surface area (Å²) < 4.78 is 1.03. The van der Waals surface area contributed by atoms with Crippen molar-refractivity contribution in [3.05, 3.63) is 28.2 Å². The standard InChI is InChI=1S/C13H17BrN2O/c1-9-11(14)3-2-4-12(9)16-13(17)7-10-5-6-15-8-10/h2-4,10,15H,5-8H2,1H3,(H,16,17). The molecule has 2 N–H and O–H groups in total. The van der Waals surface area contributed by atoms with Crippen molar-refractivity contribution in [2.45, 2.75) is 19.8 Å². The van der Waals surface area contributed by atoms with Gasteiger partial charge in [-0.2, -0.15) is 0 Å². The minimum absolute atomic E-state index is 0.111. The Morgan fingerprint density at radius 3 is 3.12 bits per heavy atom. The molecule has 0 bridgehead atoms. The van der Waals surface area contributed by atoms with Gasteiger partial charge in [0.25, 0.3) is 0 Å². The molecule has 92 valence electrons. The summed E-state index contributed by atoms with van der Waals surface area (Å²) in [4.78, 5) is 11.9. The summed E-state index contributed by atoms with van der Waals surface area (Å²) in [5.74, 6) is 0.599. The summed E-state index contributed by atoms with van der Waals surface area (Å²) in [6, 6.07) is 5.85. The van der Waals surface area contributed by atoms with E-state index in [9.17, 15) is 4.79 Å². The lowest BCUT2D eigenvalue weighted by Gasteiger charge is -2.11. The van der Waals surface area contributed by atoms with Crippen LogP contribution in [0.1, 0.15) is 18.4 Å². The molecular weight excluding hydrogens is 280 g/mol. The van der Waals surface area contributed by atoms with Crippen LogP contribution in [0.5, 0.6) is 0 Å². The molecule has 1 aromatic carbocycles. The Kier molecular flexibility index (Phi) is 4.18. The second kappa shape index (κ2) is 5.65. The first-order valence-electron chi connectivity index (χ1n) is 5.92. The number of anilines is 1. The average molecular weight is 297 g/mol. The molecule has 1 heterocycles. The summed E-state index contributed by atoms with van der Waals surface area (Å²) in [6.45, 7) is 4.00. The van der Waals surface area contributed by atoms with Crippen molar-refractivity contribution >= 4 is 27.5 Å². The smallest absolute Gasteiger partial charge is 0.224 e. The molecule has 0 aromatic heterocycles. The number of hydrogen-bond acceptors (Lipinski definition) is 2. The number of amides is 1. The number of carbonyl (C=O) groups is 1. The molecule has 1 aromatic rings. The Bertz CT molecular complexity index is 414. The molecule has 1 unspecified atom stereocenters. The van der Waals surface area contributed by atoms with Gasteiger partial charge in [-0.05, 0) is 50.0 Å². The van der Waals surface area contributed by atoms with Gasteiger partial charge in [0.1, 0.15) is 0 Å². The molecular formula is C13H17BrN2O. The van der Waals surface area contributed by atoms with Crippen molar-refractivity contribution < 1.29 is 4.79 Å². The van der Waals surface area contributed by atoms with Crippen LogP contribution < -0.4 is 10.6 Å². The quantitative estimate of drug-likeness (QED) is 0.900. The third-order valence-corrected chi connectivity index (χ3v) is 4.04. The molecule has 1 amide bonds. The van der Waals surface area contributed by atoms with Crippen LogP contribution in [0.4, 0.5) is 5.69 Å². The van der Waals surface area contributed by atoms with Crippen molar-refractivity contribution in [2.75, 3.05) is 18.4 Å². The highest BCUT2D eigenvalue weighted by Gasteiger charge is 2.18. The van der Waals surface area contributed by atoms with E-state index in [0.717, 1.165) is 35.2 Å². The molecule has 0 spiro atoms. The number of nitrogens with one attached hydrogen (secondary N) is 2. The van der Waals surface area contributed by atoms with Crippen molar-refractivity contribution in [2.24, 2.45) is 5.92 Å². The van der Waals surface area contributed by atoms with Crippen LogP contribution in [0.3, 0.4) is 0 Å². The monoisotopic (exact) mass is 296 g/mol. The second-order valence-corrected chi connectivity index (χ2v) is 5.38. The molecule has 1 aliphatic rings. The van der Waals surface area contributed by atoms with Crippen molar-refractivity contribution in [1.29, 1.82) is 0 Å². The molecule has 1 saturated heterocycles. The number of benzene rings is 1. The molecule has 17 heavy (non-hydrogen) atoms. The van der Waals surface area contributed by atoms with E-state index in [1.54, 1.807) is 0 Å². The Morgan fingerprint density at radius 1 is 1.59 bits per heavy atom. The first-order chi connectivity index (χ1) is 8.16. The second-order valence-electron chi connectivity index (χ2n) is 4.52. The predicted octanol–water partition coefficient (Wildman–Crippen LogP) is 2.70. The Hall–Kier alpha value is -0.870. The van der Waals surface area contributed by atoms with Gasteiger partial charge >= 0.3 is 0 Å². The summed E-state index contributed by atoms with van der Waals surface area (Å²) in [5, 5.41) is 6.26. The van der Waals surface area contributed by atoms with Gasteiger partial charge in [0.2, 0.25) is 5.91 Å². The molecule has 4 heteroatoms. The summed E-state index contributed by atoms with van der Waals surface area (Å²) >= 11 is 3.46. The van der Waals surface area contributed by atoms with Gasteiger partial charge < -0.3 is 10.6 Å². The van der Waals surface area contributed by atoms with E-state index in [2.05, 4.69) is 26.6 Å². The molecule has 0 saturated carbocycles. The zero-order valence-electron chi connectivity index (χ0n) is 9.92. The lowest BCUT2D eigenvalue weighted by Crippen LogP contribution is -2.18. The number of hydrogen-bond donors (Lipinski definition) is 2. The maximum atomic E-state index is 11.9. The van der Waals surface area contributed by atoms with E-state index >= 15 is 0 Å². The maximum Gasteiger partial charge on any atom is 0.224 e. The summed E-state index contributed by atoms with van der Waals surface area (Å²) in [6.07, 6.45) is 1.71. The highest BCUT2D eigenvalue weighted by Crippen LogP contribution is 2.24. The van der Waals surface area contributed by atoms with Gasteiger partial charge in [-0.25, -0.2) is 0 Å². The van der Waals surface area contributed by atoms with E-state index in [1.165, 1.54) is 0 Å². The average Bonchev–Trinajstić information content (AvgIpc) is 2.77. The minimum atomic E-state index is 0.111. The zero-order chi connectivity index (χ0) is 12.3. The molecule has 0 aliphatic carbocycles. The fourth-order valence-electron chi connectivity index (χ4n) is 2.09. The van der Waals surface area contributed by atoms with Gasteiger partial charge in [-0.15, -0.1) is 0 Å². The van der Waals surface area contributed by atoms with Gasteiger partial charge in [0.15, 0.2) is 0 Å². The van der Waals surface area contributed by atoms with E-state index in [1.807, 2.05) is 25.1 Å². The van der Waals surface area contributed by atoms with Crippen LogP contribution in [0.2, 0.25) is 0 Å². The Balaban J connectivity index is 1.95. The van der Waals surface area contributed by atoms with E-state index in [0.29, 0.717) is 12.3 Å². The fraction of sp³-hybridized carbons (Fsp3) is 0.462. The molecule has 3 nitrogen and oxygen atoms in total. The van der Waals surface area contributed by atoms with Crippen molar-refractivity contribution in [1.82, 2.24) is 5.32 Å². The molecule has 1 fully saturated rings. The van der Waals surface area contributed by atoms with Gasteiger partial charge in [-0.3, -0.25) is 4.79 Å². The normalized spacial score (nSPS) is 19.3. The van der Waals surface area contributed by atoms with E-state index < -0.39 is 0 Å². The van der Waals surface area contributed by atoms with Crippen LogP contribution in [-0.4, -0.2) is 19.0 Å². The van der Waals surface area contributed by atoms with Gasteiger partial charge in [0.05, 0.1) is 0 Å². The number of carbonyl (C=O) groups excluding carboxylic acids is 1. The molecule has 1 aliphatic heterocycles. The predicted molar refractivity (Wildman–Crippen MR) is 73.1 cm³/mol. The first-order valence-corrected chi connectivity index (χ1v) is 6.72. The third kappa shape index (κ3) is 3.30. The maximum absolute atomic E-state index is 11.9. The highest BCUT2D eigenvalue weighted by molar-refractivity contribution is 9.10. The van der Waals surface area contributed by atoms with Gasteiger partial charge in [0, 0.05) is 16.6 Å². The van der Waals surface area contributed by atoms with Crippen LogP contribution in [0, 0.1) is 12.8 Å². The molecule has 0 radical (unpaired) electrons. The van der Waals surface area contributed by atoms with Crippen LogP contribution in [-0.2, 0) is 4.79 Å². The number of rotatable bonds is 3. The highest BCUT2D eigenvalue weighted by atomic mass is 79.9. The molecule has 2 rings (SSSR count). The fourth-order valence-corrected chi connectivity index (χ4v) is 2.46. The first kappa shape index (κ1) is 12.6. The largest absolute Gasteiger partial charge is 0.326 e. The van der Waals surface area contributed by atoms with Crippen molar-refractivity contribution in [3.8, 4) is 0 Å². The molecule has 1 atom stereocenters. The van der Waals surface area contributed by atoms with Crippen LogP contribution in [0.25, 0.3) is 0 Å². The zero-order valence-corrected chi connectivity index (χ0v) is 11.5. The third-order valence-electron chi connectivity index (χ3n) is 3.18. The lowest BCUT2D eigenvalue weighted by molar-refractivity contribution is -0.116. The van der Waals surface area contributed by atoms with E-state index in [-0.39, 0.29) is 5.91 Å². The lowest BCUT2D eigenvalue weighted by atomic mass is 10.0. The SMILES string of the molecule is Cc1c(Br)cccc1NC(=O)CC1CCNC1. The van der Waals surface area contributed by atoms with Crippen LogP contribution >= 0.6 is 15.9 Å².